The summed E-state index contributed by atoms with van der Waals surface area (Å²) < 4.78 is 16.3. The molecule has 1 atom stereocenters. The summed E-state index contributed by atoms with van der Waals surface area (Å²) in [6.07, 6.45) is 0.527. The first-order chi connectivity index (χ1) is 11.5. The van der Waals surface area contributed by atoms with Gasteiger partial charge in [-0.15, -0.1) is 0 Å². The van der Waals surface area contributed by atoms with E-state index in [0.717, 1.165) is 11.8 Å². The third-order valence-electron chi connectivity index (χ3n) is 3.30. The molecule has 0 aliphatic heterocycles. The van der Waals surface area contributed by atoms with Crippen molar-refractivity contribution in [3.05, 3.63) is 18.2 Å². The molecule has 1 unspecified atom stereocenters. The van der Waals surface area contributed by atoms with Crippen molar-refractivity contribution in [2.24, 2.45) is 7.05 Å². The Hall–Kier alpha value is -2.42. The number of hydrogen-bond donors (Lipinski definition) is 1. The highest BCUT2D eigenvalue weighted by atomic mass is 32.2. The zero-order chi connectivity index (χ0) is 17.7. The highest BCUT2D eigenvalue weighted by molar-refractivity contribution is 8.00. The predicted molar refractivity (Wildman–Crippen MR) is 85.2 cm³/mol. The number of nitrogens with one attached hydrogen (secondary N) is 1. The minimum absolute atomic E-state index is 0.244. The highest BCUT2D eigenvalue weighted by Crippen LogP contribution is 2.32. The van der Waals surface area contributed by atoms with Crippen molar-refractivity contribution in [3.63, 3.8) is 0 Å². The van der Waals surface area contributed by atoms with Gasteiger partial charge in [0.2, 0.25) is 5.91 Å². The van der Waals surface area contributed by atoms with E-state index in [0.29, 0.717) is 23.6 Å². The standard InChI is InChI=1S/C15H19N3O5S/c1-5-12(24-14-15(20)23-17-18(14)2)13(19)16-10-7-6-9(21-3)8-11(10)22-4/h6-8,12H,5H2,1-4H3,(H-,16,17,19,20). The van der Waals surface area contributed by atoms with Crippen LogP contribution in [0.1, 0.15) is 13.3 Å². The van der Waals surface area contributed by atoms with Gasteiger partial charge in [-0.1, -0.05) is 11.6 Å². The molecule has 9 heteroatoms. The van der Waals surface area contributed by atoms with Gasteiger partial charge in [-0.05, 0) is 30.3 Å². The average molecular weight is 353 g/mol. The van der Waals surface area contributed by atoms with Gasteiger partial charge in [0.25, 0.3) is 5.03 Å². The Labute approximate surface area is 143 Å². The minimum Gasteiger partial charge on any atom is -0.538 e. The van der Waals surface area contributed by atoms with E-state index in [9.17, 15) is 9.90 Å². The van der Waals surface area contributed by atoms with Gasteiger partial charge in [0.1, 0.15) is 11.5 Å². The van der Waals surface area contributed by atoms with Gasteiger partial charge in [0.05, 0.1) is 30.4 Å². The number of nitrogens with zero attached hydrogens (tertiary/aromatic N) is 2. The Bertz CT molecular complexity index is 700. The number of amides is 1. The zero-order valence-corrected chi connectivity index (χ0v) is 14.7. The summed E-state index contributed by atoms with van der Waals surface area (Å²) in [5, 5.41) is 17.8. The lowest BCUT2D eigenvalue weighted by Crippen LogP contribution is -2.34. The molecule has 0 spiro atoms. The van der Waals surface area contributed by atoms with Gasteiger partial charge in [0, 0.05) is 6.07 Å². The predicted octanol–water partition coefficient (Wildman–Crippen LogP) is 1.10. The summed E-state index contributed by atoms with van der Waals surface area (Å²) in [5.41, 5.74) is 0.527. The third kappa shape index (κ3) is 3.91. The summed E-state index contributed by atoms with van der Waals surface area (Å²) in [5.74, 6) is 0.309. The lowest BCUT2D eigenvalue weighted by molar-refractivity contribution is -0.772. The fraction of sp³-hybridized carbons (Fsp3) is 0.400. The van der Waals surface area contributed by atoms with Crippen molar-refractivity contribution in [2.45, 2.75) is 23.6 Å². The Balaban J connectivity index is 2.15. The molecule has 2 aromatic rings. The molecule has 0 bridgehead atoms. The fourth-order valence-corrected chi connectivity index (χ4v) is 2.92. The zero-order valence-electron chi connectivity index (χ0n) is 13.9. The molecule has 1 amide bonds. The van der Waals surface area contributed by atoms with Crippen molar-refractivity contribution in [1.29, 1.82) is 0 Å². The highest BCUT2D eigenvalue weighted by Gasteiger charge is 2.26. The normalized spacial score (nSPS) is 11.8. The molecular formula is C15H19N3O5S. The second-order valence-corrected chi connectivity index (χ2v) is 6.05. The topological polar surface area (TPSA) is 101 Å². The van der Waals surface area contributed by atoms with Crippen LogP contribution in [0.4, 0.5) is 5.69 Å². The second kappa shape index (κ2) is 7.91. The quantitative estimate of drug-likeness (QED) is 0.587. The third-order valence-corrected chi connectivity index (χ3v) is 4.78. The molecule has 1 heterocycles. The van der Waals surface area contributed by atoms with Crippen LogP contribution in [0.5, 0.6) is 17.4 Å². The Kier molecular flexibility index (Phi) is 5.91. The largest absolute Gasteiger partial charge is 0.538 e. The summed E-state index contributed by atoms with van der Waals surface area (Å²) in [6.45, 7) is 1.86. The maximum atomic E-state index is 12.5. The molecule has 2 rings (SSSR count). The van der Waals surface area contributed by atoms with Crippen LogP contribution >= 0.6 is 11.8 Å². The number of carbonyl (C=O) groups is 1. The molecule has 8 nitrogen and oxygen atoms in total. The van der Waals surface area contributed by atoms with E-state index in [1.54, 1.807) is 32.4 Å². The first kappa shape index (κ1) is 17.9. The molecule has 24 heavy (non-hydrogen) atoms. The smallest absolute Gasteiger partial charge is 0.291 e. The number of rotatable bonds is 7. The lowest BCUT2D eigenvalue weighted by Gasteiger charge is -2.15. The molecular weight excluding hydrogens is 334 g/mol. The van der Waals surface area contributed by atoms with E-state index in [1.807, 2.05) is 6.92 Å². The first-order valence-corrected chi connectivity index (χ1v) is 8.10. The van der Waals surface area contributed by atoms with Crippen LogP contribution in [0.2, 0.25) is 0 Å². The molecule has 130 valence electrons. The van der Waals surface area contributed by atoms with Gasteiger partial charge in [0.15, 0.2) is 13.0 Å². The van der Waals surface area contributed by atoms with E-state index < -0.39 is 11.2 Å². The molecule has 1 N–H and O–H groups in total. The SMILES string of the molecule is CCC(Sc1c([O-])on[n+]1C)C(=O)Nc1ccc(OC)cc1OC. The van der Waals surface area contributed by atoms with Crippen LogP contribution in [0.25, 0.3) is 0 Å². The molecule has 0 saturated carbocycles. The molecule has 0 aliphatic carbocycles. The lowest BCUT2D eigenvalue weighted by atomic mass is 10.2. The maximum absolute atomic E-state index is 12.5. The van der Waals surface area contributed by atoms with Crippen LogP contribution in [-0.4, -0.2) is 30.6 Å². The Morgan fingerprint density at radius 3 is 2.75 bits per heavy atom. The molecule has 0 radical (unpaired) electrons. The number of carbonyl (C=O) groups excluding carboxylic acids is 1. The van der Waals surface area contributed by atoms with Crippen LogP contribution in [0.15, 0.2) is 27.7 Å². The maximum Gasteiger partial charge on any atom is 0.291 e. The van der Waals surface area contributed by atoms with Gasteiger partial charge in [-0.2, -0.15) is 0 Å². The van der Waals surface area contributed by atoms with Crippen molar-refractivity contribution in [3.8, 4) is 17.4 Å². The Morgan fingerprint density at radius 2 is 2.21 bits per heavy atom. The van der Waals surface area contributed by atoms with Crippen molar-refractivity contribution in [2.75, 3.05) is 19.5 Å². The van der Waals surface area contributed by atoms with Crippen LogP contribution in [0, 0.1) is 0 Å². The summed E-state index contributed by atoms with van der Waals surface area (Å²) in [6, 6.07) is 5.10. The molecule has 1 aromatic carbocycles. The van der Waals surface area contributed by atoms with Crippen LogP contribution in [0.3, 0.4) is 0 Å². The number of hydrogen-bond acceptors (Lipinski definition) is 7. The Morgan fingerprint density at radius 1 is 1.46 bits per heavy atom. The molecule has 0 fully saturated rings. The van der Waals surface area contributed by atoms with Gasteiger partial charge < -0.3 is 24.4 Å². The number of aryl methyl sites for hydroxylation is 1. The van der Waals surface area contributed by atoms with E-state index in [1.165, 1.54) is 11.8 Å². The summed E-state index contributed by atoms with van der Waals surface area (Å²) in [4.78, 5) is 12.5. The molecule has 0 saturated heterocycles. The minimum atomic E-state index is -0.559. The van der Waals surface area contributed by atoms with Crippen LogP contribution < -0.4 is 24.6 Å². The number of methoxy groups -OCH3 is 2. The van der Waals surface area contributed by atoms with Gasteiger partial charge >= 0.3 is 0 Å². The fourth-order valence-electron chi connectivity index (χ4n) is 2.00. The average Bonchev–Trinajstić information content (AvgIpc) is 2.91. The van der Waals surface area contributed by atoms with Crippen molar-refractivity contribution < 1.29 is 28.6 Å². The number of anilines is 1. The van der Waals surface area contributed by atoms with Crippen molar-refractivity contribution >= 4 is 23.4 Å². The number of thioether (sulfide) groups is 1. The first-order valence-electron chi connectivity index (χ1n) is 7.22. The monoisotopic (exact) mass is 353 g/mol. The van der Waals surface area contributed by atoms with Gasteiger partial charge in [-0.25, -0.2) is 0 Å². The van der Waals surface area contributed by atoms with Crippen molar-refractivity contribution in [1.82, 2.24) is 5.27 Å². The van der Waals surface area contributed by atoms with E-state index in [2.05, 4.69) is 15.1 Å². The van der Waals surface area contributed by atoms with Crippen LogP contribution in [-0.2, 0) is 11.8 Å². The van der Waals surface area contributed by atoms with E-state index in [4.69, 9.17) is 9.47 Å². The summed E-state index contributed by atoms with van der Waals surface area (Å²) in [7, 11) is 4.65. The number of ether oxygens (including phenoxy) is 2. The van der Waals surface area contributed by atoms with E-state index >= 15 is 0 Å². The van der Waals surface area contributed by atoms with E-state index in [-0.39, 0.29) is 10.9 Å². The number of aromatic nitrogens is 2. The molecule has 0 aliphatic rings. The summed E-state index contributed by atoms with van der Waals surface area (Å²) >= 11 is 1.11. The van der Waals surface area contributed by atoms with Gasteiger partial charge in [-0.3, -0.25) is 4.79 Å². The number of benzene rings is 1. The molecule has 1 aromatic heterocycles. The second-order valence-electron chi connectivity index (χ2n) is 4.86.